The smallest absolute Gasteiger partial charge is 0.164 e. The largest absolute Gasteiger partial charge is 0.208 e. The van der Waals surface area contributed by atoms with E-state index < -0.39 is 0 Å². The molecule has 1 saturated carbocycles. The lowest BCUT2D eigenvalue weighted by atomic mass is 9.76. The van der Waals surface area contributed by atoms with Gasteiger partial charge in [0.1, 0.15) is 0 Å². The van der Waals surface area contributed by atoms with E-state index in [9.17, 15) is 0 Å². The molecule has 0 radical (unpaired) electrons. The van der Waals surface area contributed by atoms with Crippen molar-refractivity contribution in [1.29, 1.82) is 0 Å². The predicted molar refractivity (Wildman–Crippen MR) is 198 cm³/mol. The highest BCUT2D eigenvalue weighted by molar-refractivity contribution is 5.86. The van der Waals surface area contributed by atoms with Crippen molar-refractivity contribution in [2.24, 2.45) is 0 Å². The highest BCUT2D eigenvalue weighted by Crippen LogP contribution is 2.57. The van der Waals surface area contributed by atoms with E-state index in [4.69, 9.17) is 21.4 Å². The molecule has 3 nitrogen and oxygen atoms in total. The number of hydrogen-bond acceptors (Lipinski definition) is 3. The molecule has 6 aromatic rings. The zero-order valence-electron chi connectivity index (χ0n) is 27.0. The van der Waals surface area contributed by atoms with Crippen molar-refractivity contribution in [3.8, 4) is 68.5 Å². The third-order valence-corrected chi connectivity index (χ3v) is 9.95. The summed E-state index contributed by atoms with van der Waals surface area (Å²) in [6, 6.07) is 43.5. The van der Waals surface area contributed by atoms with Gasteiger partial charge in [0.25, 0.3) is 0 Å². The Morgan fingerprint density at radius 1 is 0.604 bits per heavy atom. The molecular formula is C45H35N3. The van der Waals surface area contributed by atoms with E-state index in [0.717, 1.165) is 33.4 Å². The van der Waals surface area contributed by atoms with E-state index in [0.29, 0.717) is 17.5 Å². The van der Waals surface area contributed by atoms with Crippen LogP contribution in [-0.2, 0) is 5.41 Å². The van der Waals surface area contributed by atoms with E-state index in [-0.39, 0.29) is 5.41 Å². The number of fused-ring (bicyclic) bond motifs is 5. The molecule has 8 rings (SSSR count). The second-order valence-corrected chi connectivity index (χ2v) is 12.7. The van der Waals surface area contributed by atoms with Crippen molar-refractivity contribution in [2.75, 3.05) is 0 Å². The SMILES string of the molecule is C#C/C=C\C(=C/C)c1nc(-c2ccccc2)nc(-c2cc(-c3ccccc3)cc(-c3ccc4c(c3)C3(CCCC3)c3ccccc3-4)c2)n1. The first-order chi connectivity index (χ1) is 23.7. The van der Waals surface area contributed by atoms with Gasteiger partial charge in [0, 0.05) is 22.1 Å². The van der Waals surface area contributed by atoms with Crippen LogP contribution in [0.5, 0.6) is 0 Å². The topological polar surface area (TPSA) is 38.7 Å². The van der Waals surface area contributed by atoms with Crippen LogP contribution in [-0.4, -0.2) is 15.0 Å². The molecule has 0 unspecified atom stereocenters. The minimum absolute atomic E-state index is 0.101. The number of allylic oxidation sites excluding steroid dienone is 4. The average molecular weight is 618 g/mol. The third kappa shape index (κ3) is 5.17. The van der Waals surface area contributed by atoms with Gasteiger partial charge in [-0.3, -0.25) is 0 Å². The molecule has 2 aliphatic rings. The van der Waals surface area contributed by atoms with Crippen molar-refractivity contribution < 1.29 is 0 Å². The summed E-state index contributed by atoms with van der Waals surface area (Å²) < 4.78 is 0. The fourth-order valence-corrected chi connectivity index (χ4v) is 7.66. The first-order valence-electron chi connectivity index (χ1n) is 16.7. The van der Waals surface area contributed by atoms with E-state index in [1.165, 1.54) is 53.5 Å². The van der Waals surface area contributed by atoms with Crippen molar-refractivity contribution in [2.45, 2.75) is 38.0 Å². The van der Waals surface area contributed by atoms with Crippen molar-refractivity contribution in [3.05, 3.63) is 157 Å². The normalized spacial score (nSPS) is 14.6. The lowest BCUT2D eigenvalue weighted by Crippen LogP contribution is -2.20. The highest BCUT2D eigenvalue weighted by atomic mass is 15.0. The maximum Gasteiger partial charge on any atom is 0.164 e. The quantitative estimate of drug-likeness (QED) is 0.138. The summed E-state index contributed by atoms with van der Waals surface area (Å²) in [6.07, 6.45) is 16.0. The van der Waals surface area contributed by atoms with E-state index in [1.807, 2.05) is 49.4 Å². The fraction of sp³-hybridized carbons (Fsp3) is 0.133. The van der Waals surface area contributed by atoms with Gasteiger partial charge >= 0.3 is 0 Å². The number of nitrogens with zero attached hydrogens (tertiary/aromatic N) is 3. The molecule has 0 bridgehead atoms. The molecule has 0 atom stereocenters. The molecule has 1 aromatic heterocycles. The molecule has 0 aliphatic heterocycles. The number of hydrogen-bond donors (Lipinski definition) is 0. The van der Waals surface area contributed by atoms with Crippen LogP contribution in [0.25, 0.3) is 61.7 Å². The molecule has 1 fully saturated rings. The van der Waals surface area contributed by atoms with Crippen LogP contribution in [0, 0.1) is 12.3 Å². The minimum atomic E-state index is 0.101. The van der Waals surface area contributed by atoms with Crippen molar-refractivity contribution in [1.82, 2.24) is 15.0 Å². The van der Waals surface area contributed by atoms with Crippen molar-refractivity contribution in [3.63, 3.8) is 0 Å². The van der Waals surface area contributed by atoms with Crippen LogP contribution in [0.2, 0.25) is 0 Å². The van der Waals surface area contributed by atoms with Gasteiger partial charge in [0.05, 0.1) is 0 Å². The molecule has 0 saturated heterocycles. The lowest BCUT2D eigenvalue weighted by Gasteiger charge is -2.27. The molecule has 1 spiro atoms. The van der Waals surface area contributed by atoms with Gasteiger partial charge in [-0.15, -0.1) is 6.42 Å². The molecule has 3 heteroatoms. The van der Waals surface area contributed by atoms with Gasteiger partial charge in [0.2, 0.25) is 0 Å². The Kier molecular flexibility index (Phi) is 7.63. The van der Waals surface area contributed by atoms with Crippen LogP contribution >= 0.6 is 0 Å². The maximum absolute atomic E-state index is 5.57. The van der Waals surface area contributed by atoms with Gasteiger partial charge in [-0.2, -0.15) is 0 Å². The predicted octanol–water partition coefficient (Wildman–Crippen LogP) is 11.0. The standard InChI is InChI=1S/C45H35N3/c1-3-5-16-31(4-2)42-46-43(33-19-10-7-11-20-33)48-44(47-42)37-28-35(32-17-8-6-9-18-32)27-36(29-37)34-23-24-39-38-21-12-13-22-40(38)45(41(39)30-34)25-14-15-26-45/h1,4-13,16-24,27-30H,14-15,25-26H2,2H3/b16-5-,31-4+. The first kappa shape index (κ1) is 29.5. The summed E-state index contributed by atoms with van der Waals surface area (Å²) in [4.78, 5) is 15.0. The molecule has 5 aromatic carbocycles. The van der Waals surface area contributed by atoms with Gasteiger partial charge in [0.15, 0.2) is 17.5 Å². The lowest BCUT2D eigenvalue weighted by molar-refractivity contribution is 0.550. The Bertz CT molecular complexity index is 2250. The molecular weight excluding hydrogens is 583 g/mol. The first-order valence-corrected chi connectivity index (χ1v) is 16.7. The van der Waals surface area contributed by atoms with Crippen LogP contribution in [0.3, 0.4) is 0 Å². The molecule has 0 amide bonds. The second-order valence-electron chi connectivity index (χ2n) is 12.7. The fourth-order valence-electron chi connectivity index (χ4n) is 7.66. The molecule has 230 valence electrons. The molecule has 48 heavy (non-hydrogen) atoms. The monoisotopic (exact) mass is 617 g/mol. The number of benzene rings is 5. The van der Waals surface area contributed by atoms with E-state index >= 15 is 0 Å². The Morgan fingerprint density at radius 3 is 1.92 bits per heavy atom. The zero-order chi connectivity index (χ0) is 32.5. The Morgan fingerprint density at radius 2 is 1.21 bits per heavy atom. The number of rotatable bonds is 6. The van der Waals surface area contributed by atoms with Crippen LogP contribution in [0.4, 0.5) is 0 Å². The second kappa shape index (κ2) is 12.4. The minimum Gasteiger partial charge on any atom is -0.208 e. The average Bonchev–Trinajstić information content (AvgIpc) is 3.76. The Hall–Kier alpha value is -5.85. The van der Waals surface area contributed by atoms with Crippen LogP contribution in [0.15, 0.2) is 140 Å². The van der Waals surface area contributed by atoms with Gasteiger partial charge in [-0.25, -0.2) is 15.0 Å². The summed E-state index contributed by atoms with van der Waals surface area (Å²) in [6.45, 7) is 1.97. The number of terminal acetylenes is 1. The van der Waals surface area contributed by atoms with Crippen LogP contribution in [0.1, 0.15) is 49.6 Å². The summed E-state index contributed by atoms with van der Waals surface area (Å²) in [5.74, 6) is 4.41. The van der Waals surface area contributed by atoms with Gasteiger partial charge in [-0.1, -0.05) is 122 Å². The van der Waals surface area contributed by atoms with Gasteiger partial charge in [-0.05, 0) is 101 Å². The Labute approximate surface area is 282 Å². The van der Waals surface area contributed by atoms with Gasteiger partial charge < -0.3 is 0 Å². The Balaban J connectivity index is 1.33. The summed E-state index contributed by atoms with van der Waals surface area (Å²) in [7, 11) is 0. The summed E-state index contributed by atoms with van der Waals surface area (Å²) in [5.41, 5.74) is 13.1. The van der Waals surface area contributed by atoms with E-state index in [2.05, 4.69) is 96.9 Å². The molecule has 1 heterocycles. The molecule has 0 N–H and O–H groups in total. The zero-order valence-corrected chi connectivity index (χ0v) is 27.0. The maximum atomic E-state index is 5.57. The van der Waals surface area contributed by atoms with Crippen molar-refractivity contribution >= 4 is 5.57 Å². The van der Waals surface area contributed by atoms with E-state index in [1.54, 1.807) is 6.08 Å². The summed E-state index contributed by atoms with van der Waals surface area (Å²) in [5, 5.41) is 0. The molecule has 2 aliphatic carbocycles. The highest BCUT2D eigenvalue weighted by Gasteiger charge is 2.44. The summed E-state index contributed by atoms with van der Waals surface area (Å²) >= 11 is 0. The third-order valence-electron chi connectivity index (χ3n) is 9.95. The number of aromatic nitrogens is 3. The van der Waals surface area contributed by atoms with Crippen LogP contribution < -0.4 is 0 Å².